The minimum atomic E-state index is -0.337. The molecule has 1 rings (SSSR count). The molecule has 0 saturated carbocycles. The Morgan fingerprint density at radius 1 is 1.62 bits per heavy atom. The molecule has 0 bridgehead atoms. The zero-order chi connectivity index (χ0) is 12.1. The van der Waals surface area contributed by atoms with E-state index in [1.807, 2.05) is 12.1 Å². The van der Waals surface area contributed by atoms with Crippen LogP contribution < -0.4 is 5.32 Å². The smallest absolute Gasteiger partial charge is 0.322 e. The summed E-state index contributed by atoms with van der Waals surface area (Å²) in [4.78, 5) is 11.2. The van der Waals surface area contributed by atoms with Crippen LogP contribution in [-0.2, 0) is 16.1 Å². The molecule has 1 unspecified atom stereocenters. The van der Waals surface area contributed by atoms with Crippen LogP contribution in [0.2, 0.25) is 5.02 Å². The van der Waals surface area contributed by atoms with Crippen LogP contribution in [0.25, 0.3) is 0 Å². The maximum Gasteiger partial charge on any atom is 0.322 e. The molecule has 1 aromatic carbocycles. The van der Waals surface area contributed by atoms with Gasteiger partial charge in [0.1, 0.15) is 6.04 Å². The lowest BCUT2D eigenvalue weighted by atomic mass is 10.2. The zero-order valence-corrected chi connectivity index (χ0v) is 11.4. The van der Waals surface area contributed by atoms with E-state index in [4.69, 9.17) is 11.6 Å². The number of benzene rings is 1. The summed E-state index contributed by atoms with van der Waals surface area (Å²) < 4.78 is 5.57. The molecule has 1 aromatic rings. The Morgan fingerprint density at radius 2 is 2.31 bits per heavy atom. The average molecular weight is 307 g/mol. The van der Waals surface area contributed by atoms with E-state index in [9.17, 15) is 4.79 Å². The molecule has 1 N–H and O–H groups in total. The van der Waals surface area contributed by atoms with E-state index in [1.165, 1.54) is 7.11 Å². The molecular formula is C11H13BrClNO2. The van der Waals surface area contributed by atoms with E-state index in [1.54, 1.807) is 13.0 Å². The molecule has 16 heavy (non-hydrogen) atoms. The van der Waals surface area contributed by atoms with Gasteiger partial charge in [-0.25, -0.2) is 0 Å². The van der Waals surface area contributed by atoms with E-state index in [0.717, 1.165) is 10.0 Å². The Bertz CT molecular complexity index is 384. The normalized spacial score (nSPS) is 12.2. The summed E-state index contributed by atoms with van der Waals surface area (Å²) in [5.74, 6) is -0.279. The molecule has 0 aromatic heterocycles. The third kappa shape index (κ3) is 3.77. The van der Waals surface area contributed by atoms with Crippen LogP contribution in [0, 0.1) is 0 Å². The summed E-state index contributed by atoms with van der Waals surface area (Å²) >= 11 is 9.30. The standard InChI is InChI=1S/C11H13BrClNO2/c1-7(11(15)16-2)14-6-8-5-9(13)3-4-10(8)12/h3-5,7,14H,6H2,1-2H3. The van der Waals surface area contributed by atoms with Crippen molar-refractivity contribution in [2.24, 2.45) is 0 Å². The quantitative estimate of drug-likeness (QED) is 0.869. The van der Waals surface area contributed by atoms with Crippen molar-refractivity contribution in [1.82, 2.24) is 5.32 Å². The zero-order valence-electron chi connectivity index (χ0n) is 9.09. The first-order valence-corrected chi connectivity index (χ1v) is 5.97. The minimum Gasteiger partial charge on any atom is -0.468 e. The van der Waals surface area contributed by atoms with Gasteiger partial charge in [0.25, 0.3) is 0 Å². The van der Waals surface area contributed by atoms with Crippen molar-refractivity contribution < 1.29 is 9.53 Å². The third-order valence-corrected chi connectivity index (χ3v) is 3.17. The lowest BCUT2D eigenvalue weighted by Crippen LogP contribution is -2.34. The molecule has 1 atom stereocenters. The van der Waals surface area contributed by atoms with Gasteiger partial charge in [-0.2, -0.15) is 0 Å². The average Bonchev–Trinajstić information content (AvgIpc) is 2.28. The van der Waals surface area contributed by atoms with Crippen LogP contribution in [0.5, 0.6) is 0 Å². The van der Waals surface area contributed by atoms with Gasteiger partial charge in [-0.05, 0) is 30.7 Å². The van der Waals surface area contributed by atoms with Gasteiger partial charge >= 0.3 is 5.97 Å². The summed E-state index contributed by atoms with van der Waals surface area (Å²) in [6.07, 6.45) is 0. The van der Waals surface area contributed by atoms with Crippen molar-refractivity contribution in [3.05, 3.63) is 33.3 Å². The number of carbonyl (C=O) groups excluding carboxylic acids is 1. The van der Waals surface area contributed by atoms with Gasteiger partial charge < -0.3 is 10.1 Å². The van der Waals surface area contributed by atoms with Crippen molar-refractivity contribution >= 4 is 33.5 Å². The fourth-order valence-electron chi connectivity index (χ4n) is 1.20. The Morgan fingerprint density at radius 3 is 2.94 bits per heavy atom. The highest BCUT2D eigenvalue weighted by atomic mass is 79.9. The number of rotatable bonds is 4. The number of methoxy groups -OCH3 is 1. The predicted octanol–water partition coefficient (Wildman–Crippen LogP) is 2.75. The molecule has 0 spiro atoms. The number of hydrogen-bond acceptors (Lipinski definition) is 3. The van der Waals surface area contributed by atoms with Crippen LogP contribution >= 0.6 is 27.5 Å². The summed E-state index contributed by atoms with van der Waals surface area (Å²) in [5, 5.41) is 3.73. The van der Waals surface area contributed by atoms with E-state index >= 15 is 0 Å². The highest BCUT2D eigenvalue weighted by molar-refractivity contribution is 9.10. The molecule has 0 fully saturated rings. The largest absolute Gasteiger partial charge is 0.468 e. The molecule has 0 aliphatic heterocycles. The molecule has 0 amide bonds. The highest BCUT2D eigenvalue weighted by Crippen LogP contribution is 2.21. The number of ether oxygens (including phenoxy) is 1. The van der Waals surface area contributed by atoms with Gasteiger partial charge in [-0.1, -0.05) is 27.5 Å². The van der Waals surface area contributed by atoms with Gasteiger partial charge in [0.2, 0.25) is 0 Å². The molecular weight excluding hydrogens is 293 g/mol. The first-order chi connectivity index (χ1) is 7.54. The number of halogens is 2. The maximum atomic E-state index is 11.2. The first kappa shape index (κ1) is 13.5. The predicted molar refractivity (Wildman–Crippen MR) is 67.5 cm³/mol. The fourth-order valence-corrected chi connectivity index (χ4v) is 1.78. The minimum absolute atomic E-state index is 0.279. The van der Waals surface area contributed by atoms with Crippen molar-refractivity contribution in [3.63, 3.8) is 0 Å². The SMILES string of the molecule is COC(=O)C(C)NCc1cc(Cl)ccc1Br. The monoisotopic (exact) mass is 305 g/mol. The Kier molecular flexibility index (Phi) is 5.25. The molecule has 0 heterocycles. The topological polar surface area (TPSA) is 38.3 Å². The maximum absolute atomic E-state index is 11.2. The molecule has 0 aliphatic carbocycles. The lowest BCUT2D eigenvalue weighted by molar-refractivity contribution is -0.142. The molecule has 3 nitrogen and oxygen atoms in total. The van der Waals surface area contributed by atoms with Crippen LogP contribution in [-0.4, -0.2) is 19.1 Å². The molecule has 88 valence electrons. The van der Waals surface area contributed by atoms with Crippen LogP contribution in [0.1, 0.15) is 12.5 Å². The van der Waals surface area contributed by atoms with E-state index < -0.39 is 0 Å². The van der Waals surface area contributed by atoms with E-state index in [-0.39, 0.29) is 12.0 Å². The van der Waals surface area contributed by atoms with Crippen LogP contribution in [0.4, 0.5) is 0 Å². The summed E-state index contributed by atoms with van der Waals surface area (Å²) in [5.41, 5.74) is 1.00. The molecule has 5 heteroatoms. The second kappa shape index (κ2) is 6.23. The number of nitrogens with one attached hydrogen (secondary N) is 1. The summed E-state index contributed by atoms with van der Waals surface area (Å²) in [7, 11) is 1.37. The Labute approximate surface area is 108 Å². The van der Waals surface area contributed by atoms with E-state index in [0.29, 0.717) is 11.6 Å². The van der Waals surface area contributed by atoms with Crippen molar-refractivity contribution in [3.8, 4) is 0 Å². The Hall–Kier alpha value is -0.580. The first-order valence-electron chi connectivity index (χ1n) is 4.79. The van der Waals surface area contributed by atoms with Gasteiger partial charge in [-0.3, -0.25) is 4.79 Å². The molecule has 0 aliphatic rings. The van der Waals surface area contributed by atoms with Crippen molar-refractivity contribution in [2.45, 2.75) is 19.5 Å². The second-order valence-electron chi connectivity index (χ2n) is 3.36. The third-order valence-electron chi connectivity index (χ3n) is 2.16. The highest BCUT2D eigenvalue weighted by Gasteiger charge is 2.12. The van der Waals surface area contributed by atoms with Gasteiger partial charge in [0.05, 0.1) is 7.11 Å². The van der Waals surface area contributed by atoms with Crippen molar-refractivity contribution in [2.75, 3.05) is 7.11 Å². The van der Waals surface area contributed by atoms with E-state index in [2.05, 4.69) is 26.0 Å². The van der Waals surface area contributed by atoms with Crippen LogP contribution in [0.3, 0.4) is 0 Å². The van der Waals surface area contributed by atoms with Crippen LogP contribution in [0.15, 0.2) is 22.7 Å². The fraction of sp³-hybridized carbons (Fsp3) is 0.364. The molecule has 0 radical (unpaired) electrons. The lowest BCUT2D eigenvalue weighted by Gasteiger charge is -2.12. The van der Waals surface area contributed by atoms with Gasteiger partial charge in [0, 0.05) is 16.0 Å². The molecule has 0 saturated heterocycles. The number of hydrogen-bond donors (Lipinski definition) is 1. The summed E-state index contributed by atoms with van der Waals surface area (Å²) in [6, 6.07) is 5.19. The van der Waals surface area contributed by atoms with Gasteiger partial charge in [0.15, 0.2) is 0 Å². The van der Waals surface area contributed by atoms with Crippen molar-refractivity contribution in [1.29, 1.82) is 0 Å². The Balaban J connectivity index is 2.60. The summed E-state index contributed by atoms with van der Waals surface area (Å²) in [6.45, 7) is 2.31. The van der Waals surface area contributed by atoms with Gasteiger partial charge in [-0.15, -0.1) is 0 Å². The number of carbonyl (C=O) groups is 1. The number of esters is 1. The second-order valence-corrected chi connectivity index (χ2v) is 4.65.